The first-order valence-electron chi connectivity index (χ1n) is 4.55. The van der Waals surface area contributed by atoms with E-state index in [9.17, 15) is 13.9 Å². The van der Waals surface area contributed by atoms with Crippen LogP contribution in [0.1, 0.15) is 0 Å². The second-order valence-corrected chi connectivity index (χ2v) is 6.52. The Labute approximate surface area is 99.0 Å². The van der Waals surface area contributed by atoms with Crippen LogP contribution in [0.2, 0.25) is 0 Å². The first-order valence-corrected chi connectivity index (χ1v) is 7.94. The SMILES string of the molecule is O=[N+]([O-])c1cc([As](=O)(O)O)ccc1NCCO. The molecule has 0 bridgehead atoms. The third kappa shape index (κ3) is 3.57. The van der Waals surface area contributed by atoms with E-state index in [4.69, 9.17) is 13.3 Å². The van der Waals surface area contributed by atoms with E-state index < -0.39 is 24.8 Å². The summed E-state index contributed by atoms with van der Waals surface area (Å²) in [5.41, 5.74) is -0.322. The third-order valence-corrected chi connectivity index (χ3v) is 3.94. The molecule has 0 unspecified atom stereocenters. The van der Waals surface area contributed by atoms with Gasteiger partial charge in [0.2, 0.25) is 0 Å². The predicted octanol–water partition coefficient (Wildman–Crippen LogP) is -1.44. The second kappa shape index (κ2) is 5.33. The number of aliphatic hydroxyl groups is 1. The van der Waals surface area contributed by atoms with Gasteiger partial charge in [0.15, 0.2) is 0 Å². The van der Waals surface area contributed by atoms with Crippen molar-refractivity contribution < 1.29 is 22.0 Å². The summed E-state index contributed by atoms with van der Waals surface area (Å²) in [5.74, 6) is 0. The maximum atomic E-state index is 11.0. The number of nitrogens with zero attached hydrogens (tertiary/aromatic N) is 1. The summed E-state index contributed by atoms with van der Waals surface area (Å²) in [5, 5.41) is 21.9. The quantitative estimate of drug-likeness (QED) is 0.297. The van der Waals surface area contributed by atoms with Crippen molar-refractivity contribution in [2.24, 2.45) is 0 Å². The van der Waals surface area contributed by atoms with Crippen LogP contribution in [0, 0.1) is 10.1 Å². The number of rotatable bonds is 5. The number of aliphatic hydroxyl groups excluding tert-OH is 1. The molecule has 4 N–H and O–H groups in total. The zero-order chi connectivity index (χ0) is 13.1. The topological polar surface area (TPSA) is 133 Å². The van der Waals surface area contributed by atoms with Gasteiger partial charge in [-0.1, -0.05) is 0 Å². The molecule has 9 heteroatoms. The Kier molecular flexibility index (Phi) is 4.30. The van der Waals surface area contributed by atoms with Crippen LogP contribution in [-0.2, 0) is 3.74 Å². The summed E-state index contributed by atoms with van der Waals surface area (Å²) in [6.45, 7) is -0.0949. The number of benzene rings is 1. The Morgan fingerprint density at radius 2 is 2.06 bits per heavy atom. The summed E-state index contributed by atoms with van der Waals surface area (Å²) in [7, 11) is 0. The average molecular weight is 306 g/mol. The molecule has 0 heterocycles. The van der Waals surface area contributed by atoms with Gasteiger partial charge in [-0.2, -0.15) is 0 Å². The molecule has 0 saturated heterocycles. The average Bonchev–Trinajstić information content (AvgIpc) is 2.24. The van der Waals surface area contributed by atoms with E-state index in [0.717, 1.165) is 12.1 Å². The van der Waals surface area contributed by atoms with Crippen molar-refractivity contribution >= 4 is 29.9 Å². The number of anilines is 1. The molecule has 1 rings (SSSR count). The summed E-state index contributed by atoms with van der Waals surface area (Å²) in [6, 6.07) is 3.19. The Balaban J connectivity index is 3.18. The molecular formula is C8H11AsN2O6. The molecule has 0 aliphatic heterocycles. The summed E-state index contributed by atoms with van der Waals surface area (Å²) in [6.07, 6.45) is 0. The van der Waals surface area contributed by atoms with E-state index in [1.807, 2.05) is 0 Å². The molecule has 0 aromatic heterocycles. The molecule has 0 aliphatic rings. The van der Waals surface area contributed by atoms with E-state index in [1.165, 1.54) is 6.07 Å². The summed E-state index contributed by atoms with van der Waals surface area (Å²) in [4.78, 5) is 9.98. The number of nitrogens with one attached hydrogen (secondary N) is 1. The Morgan fingerprint density at radius 1 is 1.41 bits per heavy atom. The molecule has 0 atom stereocenters. The number of hydrogen-bond donors (Lipinski definition) is 4. The van der Waals surface area contributed by atoms with E-state index in [-0.39, 0.29) is 23.2 Å². The minimum atomic E-state index is -5.13. The molecule has 94 valence electrons. The van der Waals surface area contributed by atoms with Crippen molar-refractivity contribution in [3.05, 3.63) is 28.3 Å². The Morgan fingerprint density at radius 3 is 2.53 bits per heavy atom. The second-order valence-electron chi connectivity index (χ2n) is 3.15. The van der Waals surface area contributed by atoms with E-state index in [0.29, 0.717) is 0 Å². The standard InChI is InChI=1S/C8H11AsN2O6/c12-4-3-10-7-2-1-6(9(13,14)15)5-8(7)11(16)17/h1-2,5,10,12H,3-4H2,(H2,13,14,15). The zero-order valence-corrected chi connectivity index (χ0v) is 10.5. The van der Waals surface area contributed by atoms with Crippen LogP contribution in [0.25, 0.3) is 0 Å². The van der Waals surface area contributed by atoms with Crippen molar-refractivity contribution in [3.63, 3.8) is 0 Å². The number of nitro groups is 1. The monoisotopic (exact) mass is 306 g/mol. The van der Waals surface area contributed by atoms with Gasteiger partial charge >= 0.3 is 98.6 Å². The molecule has 0 fully saturated rings. The van der Waals surface area contributed by atoms with Crippen molar-refractivity contribution in [1.82, 2.24) is 0 Å². The van der Waals surface area contributed by atoms with E-state index >= 15 is 0 Å². The molecule has 0 amide bonds. The third-order valence-electron chi connectivity index (χ3n) is 1.94. The van der Waals surface area contributed by atoms with Crippen LogP contribution < -0.4 is 9.67 Å². The maximum absolute atomic E-state index is 11.0. The Bertz CT molecular complexity index is 471. The molecule has 1 aromatic carbocycles. The van der Waals surface area contributed by atoms with Gasteiger partial charge in [0.25, 0.3) is 0 Å². The molecule has 1 aromatic rings. The van der Waals surface area contributed by atoms with Crippen LogP contribution in [0.5, 0.6) is 0 Å². The van der Waals surface area contributed by atoms with Crippen molar-refractivity contribution in [1.29, 1.82) is 0 Å². The fourth-order valence-electron chi connectivity index (χ4n) is 1.19. The Hall–Kier alpha value is -1.34. The van der Waals surface area contributed by atoms with Gasteiger partial charge in [-0.15, -0.1) is 0 Å². The molecule has 0 spiro atoms. The molecule has 0 saturated carbocycles. The summed E-state index contributed by atoms with van der Waals surface area (Å²) < 4.78 is 28.6. The van der Waals surface area contributed by atoms with Gasteiger partial charge in [0.1, 0.15) is 0 Å². The van der Waals surface area contributed by atoms with Gasteiger partial charge in [0.05, 0.1) is 0 Å². The van der Waals surface area contributed by atoms with Crippen molar-refractivity contribution in [2.75, 3.05) is 18.5 Å². The van der Waals surface area contributed by atoms with Crippen LogP contribution >= 0.6 is 0 Å². The van der Waals surface area contributed by atoms with E-state index in [2.05, 4.69) is 5.32 Å². The fraction of sp³-hybridized carbons (Fsp3) is 0.250. The van der Waals surface area contributed by atoms with Gasteiger partial charge in [0, 0.05) is 0 Å². The van der Waals surface area contributed by atoms with Crippen LogP contribution in [0.15, 0.2) is 18.2 Å². The molecule has 8 nitrogen and oxygen atoms in total. The van der Waals surface area contributed by atoms with Gasteiger partial charge < -0.3 is 0 Å². The van der Waals surface area contributed by atoms with Gasteiger partial charge in [-0.05, 0) is 0 Å². The molecule has 17 heavy (non-hydrogen) atoms. The zero-order valence-electron chi connectivity index (χ0n) is 8.61. The van der Waals surface area contributed by atoms with Gasteiger partial charge in [-0.25, -0.2) is 0 Å². The minimum absolute atomic E-state index is 0.108. The van der Waals surface area contributed by atoms with Crippen LogP contribution in [-0.4, -0.2) is 45.5 Å². The van der Waals surface area contributed by atoms with Crippen molar-refractivity contribution in [3.8, 4) is 0 Å². The normalized spacial score (nSPS) is 11.2. The van der Waals surface area contributed by atoms with Crippen molar-refractivity contribution in [2.45, 2.75) is 0 Å². The number of hydrogen-bond acceptors (Lipinski definition) is 5. The molecular weight excluding hydrogens is 295 g/mol. The van der Waals surface area contributed by atoms with Gasteiger partial charge in [-0.3, -0.25) is 0 Å². The first-order chi connectivity index (χ1) is 7.86. The van der Waals surface area contributed by atoms with Crippen LogP contribution in [0.4, 0.5) is 11.4 Å². The molecule has 0 aliphatic carbocycles. The summed E-state index contributed by atoms with van der Waals surface area (Å²) >= 11 is -5.13. The first kappa shape index (κ1) is 13.7. The van der Waals surface area contributed by atoms with Crippen LogP contribution in [0.3, 0.4) is 0 Å². The predicted molar refractivity (Wildman–Crippen MR) is 59.2 cm³/mol. The van der Waals surface area contributed by atoms with E-state index in [1.54, 1.807) is 0 Å². The fourth-order valence-corrected chi connectivity index (χ4v) is 2.37. The number of nitro benzene ring substituents is 1. The molecule has 0 radical (unpaired) electrons.